The summed E-state index contributed by atoms with van der Waals surface area (Å²) in [6, 6.07) is 17.2. The van der Waals surface area contributed by atoms with Crippen LogP contribution in [0.3, 0.4) is 0 Å². The number of ether oxygens (including phenoxy) is 1. The lowest BCUT2D eigenvalue weighted by Gasteiger charge is -2.33. The van der Waals surface area contributed by atoms with Crippen molar-refractivity contribution in [2.24, 2.45) is 5.92 Å². The Balaban J connectivity index is 1.45. The van der Waals surface area contributed by atoms with E-state index in [1.807, 2.05) is 11.9 Å². The number of nitrogens with zero attached hydrogens (tertiary/aromatic N) is 1. The SMILES string of the molecule is CC1CCC(N(C)C(=O)OCC2c3ccccc3-c3ccccc32)CC1. The monoisotopic (exact) mass is 349 g/mol. The summed E-state index contributed by atoms with van der Waals surface area (Å²) >= 11 is 0. The van der Waals surface area contributed by atoms with E-state index < -0.39 is 0 Å². The van der Waals surface area contributed by atoms with Gasteiger partial charge in [-0.15, -0.1) is 0 Å². The summed E-state index contributed by atoms with van der Waals surface area (Å²) in [7, 11) is 1.89. The smallest absolute Gasteiger partial charge is 0.409 e. The molecule has 2 aliphatic rings. The first-order chi connectivity index (χ1) is 12.6. The first kappa shape index (κ1) is 17.1. The van der Waals surface area contributed by atoms with Crippen LogP contribution in [0.5, 0.6) is 0 Å². The summed E-state index contributed by atoms with van der Waals surface area (Å²) in [5.74, 6) is 0.910. The number of hydrogen-bond donors (Lipinski definition) is 0. The number of carbonyl (C=O) groups excluding carboxylic acids is 1. The van der Waals surface area contributed by atoms with E-state index in [0.29, 0.717) is 12.6 Å². The van der Waals surface area contributed by atoms with E-state index in [-0.39, 0.29) is 12.0 Å². The predicted octanol–water partition coefficient (Wildman–Crippen LogP) is 5.45. The number of benzene rings is 2. The molecule has 26 heavy (non-hydrogen) atoms. The Morgan fingerprint density at radius 2 is 1.50 bits per heavy atom. The van der Waals surface area contributed by atoms with Crippen molar-refractivity contribution in [3.05, 3.63) is 59.7 Å². The van der Waals surface area contributed by atoms with Crippen LogP contribution in [0.4, 0.5) is 4.79 Å². The number of amides is 1. The van der Waals surface area contributed by atoms with Crippen LogP contribution in [-0.2, 0) is 4.74 Å². The van der Waals surface area contributed by atoms with Crippen molar-refractivity contribution in [3.8, 4) is 11.1 Å². The quantitative estimate of drug-likeness (QED) is 0.738. The van der Waals surface area contributed by atoms with E-state index >= 15 is 0 Å². The second-order valence-electron chi connectivity index (χ2n) is 7.83. The molecule has 0 N–H and O–H groups in total. The van der Waals surface area contributed by atoms with E-state index in [2.05, 4.69) is 55.5 Å². The summed E-state index contributed by atoms with van der Waals surface area (Å²) in [5, 5.41) is 0. The van der Waals surface area contributed by atoms with Gasteiger partial charge in [-0.3, -0.25) is 0 Å². The number of fused-ring (bicyclic) bond motifs is 3. The van der Waals surface area contributed by atoms with E-state index in [1.165, 1.54) is 35.1 Å². The average Bonchev–Trinajstić information content (AvgIpc) is 3.00. The Morgan fingerprint density at radius 1 is 0.962 bits per heavy atom. The minimum absolute atomic E-state index is 0.131. The molecule has 1 saturated carbocycles. The molecule has 0 atom stereocenters. The topological polar surface area (TPSA) is 29.5 Å². The Morgan fingerprint density at radius 3 is 2.08 bits per heavy atom. The van der Waals surface area contributed by atoms with Crippen LogP contribution in [-0.4, -0.2) is 30.7 Å². The Labute approximate surface area is 156 Å². The molecule has 0 aliphatic heterocycles. The van der Waals surface area contributed by atoms with Gasteiger partial charge in [-0.05, 0) is 53.9 Å². The minimum Gasteiger partial charge on any atom is -0.448 e. The van der Waals surface area contributed by atoms with Gasteiger partial charge in [0.05, 0.1) is 0 Å². The van der Waals surface area contributed by atoms with Crippen LogP contribution in [0.2, 0.25) is 0 Å². The predicted molar refractivity (Wildman–Crippen MR) is 104 cm³/mol. The molecular weight excluding hydrogens is 322 g/mol. The highest BCUT2D eigenvalue weighted by atomic mass is 16.6. The Bertz CT molecular complexity index is 747. The van der Waals surface area contributed by atoms with Gasteiger partial charge in [0, 0.05) is 19.0 Å². The molecule has 0 unspecified atom stereocenters. The van der Waals surface area contributed by atoms with E-state index in [4.69, 9.17) is 4.74 Å². The highest BCUT2D eigenvalue weighted by molar-refractivity contribution is 5.79. The van der Waals surface area contributed by atoms with Crippen molar-refractivity contribution < 1.29 is 9.53 Å². The summed E-state index contributed by atoms with van der Waals surface area (Å²) in [4.78, 5) is 14.4. The standard InChI is InChI=1S/C23H27NO2/c1-16-11-13-17(14-12-16)24(2)23(25)26-15-22-20-9-5-3-7-18(20)19-8-4-6-10-21(19)22/h3-10,16-17,22H,11-15H2,1-2H3. The lowest BCUT2D eigenvalue weighted by atomic mass is 9.87. The van der Waals surface area contributed by atoms with Crippen molar-refractivity contribution >= 4 is 6.09 Å². The minimum atomic E-state index is -0.189. The van der Waals surface area contributed by atoms with Crippen LogP contribution in [0.1, 0.15) is 49.7 Å². The zero-order valence-corrected chi connectivity index (χ0v) is 15.7. The van der Waals surface area contributed by atoms with Gasteiger partial charge in [-0.25, -0.2) is 4.79 Å². The van der Waals surface area contributed by atoms with Gasteiger partial charge in [-0.1, -0.05) is 55.5 Å². The second kappa shape index (κ2) is 7.14. The highest BCUT2D eigenvalue weighted by Crippen LogP contribution is 2.44. The average molecular weight is 349 g/mol. The first-order valence-corrected chi connectivity index (χ1v) is 9.73. The summed E-state index contributed by atoms with van der Waals surface area (Å²) in [6.45, 7) is 2.70. The van der Waals surface area contributed by atoms with Gasteiger partial charge in [-0.2, -0.15) is 0 Å². The molecule has 3 heteroatoms. The summed E-state index contributed by atoms with van der Waals surface area (Å²) in [5.41, 5.74) is 5.05. The van der Waals surface area contributed by atoms with Crippen LogP contribution in [0.25, 0.3) is 11.1 Å². The third-order valence-corrected chi connectivity index (χ3v) is 6.16. The van der Waals surface area contributed by atoms with E-state index in [0.717, 1.165) is 18.8 Å². The van der Waals surface area contributed by atoms with Gasteiger partial charge < -0.3 is 9.64 Å². The van der Waals surface area contributed by atoms with E-state index in [9.17, 15) is 4.79 Å². The van der Waals surface area contributed by atoms with Crippen LogP contribution < -0.4 is 0 Å². The zero-order chi connectivity index (χ0) is 18.1. The molecule has 136 valence electrons. The number of rotatable bonds is 3. The number of carbonyl (C=O) groups is 1. The fourth-order valence-electron chi connectivity index (χ4n) is 4.47. The molecule has 2 aromatic rings. The van der Waals surface area contributed by atoms with Crippen molar-refractivity contribution in [1.82, 2.24) is 4.90 Å². The molecule has 2 aliphatic carbocycles. The maximum atomic E-state index is 12.6. The van der Waals surface area contributed by atoms with Crippen molar-refractivity contribution in [2.45, 2.75) is 44.6 Å². The summed E-state index contributed by atoms with van der Waals surface area (Å²) < 4.78 is 5.77. The second-order valence-corrected chi connectivity index (χ2v) is 7.83. The molecule has 0 aromatic heterocycles. The van der Waals surface area contributed by atoms with Crippen LogP contribution >= 0.6 is 0 Å². The molecule has 4 rings (SSSR count). The first-order valence-electron chi connectivity index (χ1n) is 9.73. The third-order valence-electron chi connectivity index (χ3n) is 6.16. The van der Waals surface area contributed by atoms with Gasteiger partial charge in [0.25, 0.3) is 0 Å². The maximum absolute atomic E-state index is 12.6. The lowest BCUT2D eigenvalue weighted by Crippen LogP contribution is -2.40. The molecule has 3 nitrogen and oxygen atoms in total. The molecule has 0 spiro atoms. The third kappa shape index (κ3) is 3.11. The molecule has 0 bridgehead atoms. The molecular formula is C23H27NO2. The Kier molecular flexibility index (Phi) is 4.71. The molecule has 1 fully saturated rings. The van der Waals surface area contributed by atoms with Gasteiger partial charge in [0.2, 0.25) is 0 Å². The molecule has 0 radical (unpaired) electrons. The van der Waals surface area contributed by atoms with Gasteiger partial charge in [0.15, 0.2) is 0 Å². The van der Waals surface area contributed by atoms with Crippen molar-refractivity contribution in [3.63, 3.8) is 0 Å². The van der Waals surface area contributed by atoms with E-state index in [1.54, 1.807) is 0 Å². The fourth-order valence-corrected chi connectivity index (χ4v) is 4.47. The van der Waals surface area contributed by atoms with Gasteiger partial charge in [0.1, 0.15) is 6.61 Å². The number of hydrogen-bond acceptors (Lipinski definition) is 2. The molecule has 0 heterocycles. The van der Waals surface area contributed by atoms with Crippen molar-refractivity contribution in [2.75, 3.05) is 13.7 Å². The van der Waals surface area contributed by atoms with Crippen LogP contribution in [0.15, 0.2) is 48.5 Å². The van der Waals surface area contributed by atoms with Crippen LogP contribution in [0, 0.1) is 5.92 Å². The summed E-state index contributed by atoms with van der Waals surface area (Å²) in [6.07, 6.45) is 4.38. The largest absolute Gasteiger partial charge is 0.448 e. The molecule has 0 saturated heterocycles. The molecule has 2 aromatic carbocycles. The fraction of sp³-hybridized carbons (Fsp3) is 0.435. The van der Waals surface area contributed by atoms with Crippen molar-refractivity contribution in [1.29, 1.82) is 0 Å². The highest BCUT2D eigenvalue weighted by Gasteiger charge is 2.30. The molecule has 1 amide bonds. The lowest BCUT2D eigenvalue weighted by molar-refractivity contribution is 0.0832. The zero-order valence-electron chi connectivity index (χ0n) is 15.7. The normalized spacial score (nSPS) is 21.8. The Hall–Kier alpha value is -2.29. The van der Waals surface area contributed by atoms with Gasteiger partial charge >= 0.3 is 6.09 Å². The maximum Gasteiger partial charge on any atom is 0.409 e.